The number of benzene rings is 2. The molecule has 0 spiro atoms. The third-order valence-corrected chi connectivity index (χ3v) is 4.81. The normalized spacial score (nSPS) is 12.5. The van der Waals surface area contributed by atoms with E-state index in [0.29, 0.717) is 6.54 Å². The molecule has 0 amide bonds. The number of H-pyrrole nitrogens is 1. The van der Waals surface area contributed by atoms with E-state index in [2.05, 4.69) is 51.1 Å². The Kier molecular flexibility index (Phi) is 8.02. The van der Waals surface area contributed by atoms with E-state index in [9.17, 15) is 5.11 Å². The number of aryl methyl sites for hydroxylation is 1. The zero-order valence-corrected chi connectivity index (χ0v) is 18.1. The Bertz CT molecular complexity index is 880. The molecule has 2 N–H and O–H groups in total. The number of imidazole rings is 1. The molecule has 0 fully saturated rings. The summed E-state index contributed by atoms with van der Waals surface area (Å²) >= 11 is 0. The second kappa shape index (κ2) is 10.9. The predicted octanol–water partition coefficient (Wildman–Crippen LogP) is 3.22. The SMILES string of the molecule is Cc1cnc(CN(C)Cc2ccc(OCC(O)CN(C)Cc3ccccc3)cc2)[nH]1. The lowest BCUT2D eigenvalue weighted by molar-refractivity contribution is 0.0744. The zero-order chi connectivity index (χ0) is 21.3. The predicted molar refractivity (Wildman–Crippen MR) is 119 cm³/mol. The molecule has 6 nitrogen and oxygen atoms in total. The van der Waals surface area contributed by atoms with Gasteiger partial charge in [-0.15, -0.1) is 0 Å². The topological polar surface area (TPSA) is 64.6 Å². The van der Waals surface area contributed by atoms with Crippen molar-refractivity contribution in [3.8, 4) is 5.75 Å². The Hall–Kier alpha value is -2.67. The van der Waals surface area contributed by atoms with Gasteiger partial charge in [-0.25, -0.2) is 4.98 Å². The fraction of sp³-hybridized carbons (Fsp3) is 0.375. The van der Waals surface area contributed by atoms with Crippen molar-refractivity contribution in [2.45, 2.75) is 32.7 Å². The highest BCUT2D eigenvalue weighted by Gasteiger charge is 2.10. The molecule has 0 aliphatic heterocycles. The summed E-state index contributed by atoms with van der Waals surface area (Å²) in [6, 6.07) is 18.3. The maximum atomic E-state index is 10.3. The molecule has 0 saturated carbocycles. The molecule has 2 aromatic carbocycles. The summed E-state index contributed by atoms with van der Waals surface area (Å²) < 4.78 is 5.77. The van der Waals surface area contributed by atoms with E-state index in [4.69, 9.17) is 4.74 Å². The first-order chi connectivity index (χ1) is 14.5. The van der Waals surface area contributed by atoms with Gasteiger partial charge in [0.15, 0.2) is 0 Å². The minimum Gasteiger partial charge on any atom is -0.491 e. The molecule has 1 unspecified atom stereocenters. The highest BCUT2D eigenvalue weighted by atomic mass is 16.5. The van der Waals surface area contributed by atoms with Crippen LogP contribution in [0.2, 0.25) is 0 Å². The lowest BCUT2D eigenvalue weighted by atomic mass is 10.2. The molecule has 1 heterocycles. The second-order valence-corrected chi connectivity index (χ2v) is 7.98. The number of aliphatic hydroxyl groups is 1. The van der Waals surface area contributed by atoms with E-state index in [1.807, 2.05) is 50.5 Å². The highest BCUT2D eigenvalue weighted by molar-refractivity contribution is 5.27. The van der Waals surface area contributed by atoms with Gasteiger partial charge in [0.25, 0.3) is 0 Å². The largest absolute Gasteiger partial charge is 0.491 e. The summed E-state index contributed by atoms with van der Waals surface area (Å²) in [5, 5.41) is 10.3. The average molecular weight is 409 g/mol. The number of nitrogens with one attached hydrogen (secondary N) is 1. The van der Waals surface area contributed by atoms with Gasteiger partial charge in [0.05, 0.1) is 6.54 Å². The summed E-state index contributed by atoms with van der Waals surface area (Å²) in [6.45, 7) is 5.24. The van der Waals surface area contributed by atoms with Crippen LogP contribution >= 0.6 is 0 Å². The van der Waals surface area contributed by atoms with E-state index in [1.165, 1.54) is 11.1 Å². The molecule has 30 heavy (non-hydrogen) atoms. The lowest BCUT2D eigenvalue weighted by Crippen LogP contribution is -2.32. The van der Waals surface area contributed by atoms with E-state index < -0.39 is 6.10 Å². The van der Waals surface area contributed by atoms with Crippen LogP contribution in [0.15, 0.2) is 60.8 Å². The molecular formula is C24H32N4O2. The van der Waals surface area contributed by atoms with Crippen LogP contribution in [-0.4, -0.2) is 58.2 Å². The van der Waals surface area contributed by atoms with Crippen molar-refractivity contribution in [3.05, 3.63) is 83.4 Å². The number of aliphatic hydroxyl groups excluding tert-OH is 1. The standard InChI is InChI=1S/C24H32N4O2/c1-19-13-25-24(26-19)17-28(3)15-21-9-11-23(12-10-21)30-18-22(29)16-27(2)14-20-7-5-4-6-8-20/h4-13,22,29H,14-18H2,1-3H3,(H,25,26). The molecule has 0 aliphatic rings. The molecule has 160 valence electrons. The quantitative estimate of drug-likeness (QED) is 0.510. The van der Waals surface area contributed by atoms with Gasteiger partial charge in [0, 0.05) is 31.5 Å². The van der Waals surface area contributed by atoms with Gasteiger partial charge in [0.2, 0.25) is 0 Å². The summed E-state index contributed by atoms with van der Waals surface area (Å²) in [4.78, 5) is 11.9. The van der Waals surface area contributed by atoms with Gasteiger partial charge >= 0.3 is 0 Å². The van der Waals surface area contributed by atoms with Crippen molar-refractivity contribution < 1.29 is 9.84 Å². The number of nitrogens with zero attached hydrogens (tertiary/aromatic N) is 3. The van der Waals surface area contributed by atoms with Crippen LogP contribution < -0.4 is 4.74 Å². The fourth-order valence-electron chi connectivity index (χ4n) is 3.43. The van der Waals surface area contributed by atoms with Crippen molar-refractivity contribution in [2.24, 2.45) is 0 Å². The minimum atomic E-state index is -0.540. The smallest absolute Gasteiger partial charge is 0.120 e. The number of hydrogen-bond acceptors (Lipinski definition) is 5. The first kappa shape index (κ1) is 22.0. The molecule has 1 aromatic heterocycles. The number of rotatable bonds is 11. The summed E-state index contributed by atoms with van der Waals surface area (Å²) in [5.41, 5.74) is 3.51. The van der Waals surface area contributed by atoms with Gasteiger partial charge < -0.3 is 14.8 Å². The third-order valence-electron chi connectivity index (χ3n) is 4.81. The molecule has 0 saturated heterocycles. The maximum Gasteiger partial charge on any atom is 0.120 e. The van der Waals surface area contributed by atoms with Crippen molar-refractivity contribution in [1.29, 1.82) is 0 Å². The molecule has 1 atom stereocenters. The van der Waals surface area contributed by atoms with Crippen molar-refractivity contribution in [1.82, 2.24) is 19.8 Å². The molecule has 3 aromatic rings. The first-order valence-corrected chi connectivity index (χ1v) is 10.3. The molecule has 0 aliphatic carbocycles. The minimum absolute atomic E-state index is 0.274. The number of aromatic amines is 1. The van der Waals surface area contributed by atoms with Crippen LogP contribution in [0, 0.1) is 6.92 Å². The molecule has 6 heteroatoms. The second-order valence-electron chi connectivity index (χ2n) is 7.98. The van der Waals surface area contributed by atoms with Gasteiger partial charge in [-0.2, -0.15) is 0 Å². The van der Waals surface area contributed by atoms with Crippen molar-refractivity contribution in [2.75, 3.05) is 27.2 Å². The Morgan fingerprint density at radius 2 is 1.60 bits per heavy atom. The van der Waals surface area contributed by atoms with Crippen LogP contribution in [-0.2, 0) is 19.6 Å². The Morgan fingerprint density at radius 3 is 2.27 bits per heavy atom. The Balaban J connectivity index is 1.39. The summed E-state index contributed by atoms with van der Waals surface area (Å²) in [6.07, 6.45) is 1.31. The van der Waals surface area contributed by atoms with Crippen LogP contribution in [0.3, 0.4) is 0 Å². The van der Waals surface area contributed by atoms with Gasteiger partial charge in [-0.3, -0.25) is 9.80 Å². The first-order valence-electron chi connectivity index (χ1n) is 10.3. The van der Waals surface area contributed by atoms with Crippen molar-refractivity contribution in [3.63, 3.8) is 0 Å². The lowest BCUT2D eigenvalue weighted by Gasteiger charge is -2.21. The van der Waals surface area contributed by atoms with E-state index in [0.717, 1.165) is 36.9 Å². The molecule has 3 rings (SSSR count). The zero-order valence-electron chi connectivity index (χ0n) is 18.1. The van der Waals surface area contributed by atoms with Crippen LogP contribution in [0.5, 0.6) is 5.75 Å². The van der Waals surface area contributed by atoms with E-state index in [1.54, 1.807) is 0 Å². The summed E-state index contributed by atoms with van der Waals surface area (Å²) in [7, 11) is 4.08. The average Bonchev–Trinajstić information content (AvgIpc) is 3.12. The number of hydrogen-bond donors (Lipinski definition) is 2. The van der Waals surface area contributed by atoms with Gasteiger partial charge in [-0.05, 0) is 44.3 Å². The van der Waals surface area contributed by atoms with Crippen LogP contribution in [0.1, 0.15) is 22.6 Å². The summed E-state index contributed by atoms with van der Waals surface area (Å²) in [5.74, 6) is 1.74. The number of aromatic nitrogens is 2. The van der Waals surface area contributed by atoms with E-state index >= 15 is 0 Å². The maximum absolute atomic E-state index is 10.3. The molecule has 0 radical (unpaired) electrons. The van der Waals surface area contributed by atoms with Gasteiger partial charge in [-0.1, -0.05) is 42.5 Å². The Labute approximate surface area is 179 Å². The van der Waals surface area contributed by atoms with E-state index in [-0.39, 0.29) is 6.61 Å². The number of ether oxygens (including phenoxy) is 1. The van der Waals surface area contributed by atoms with Crippen molar-refractivity contribution >= 4 is 0 Å². The third kappa shape index (κ3) is 7.30. The van der Waals surface area contributed by atoms with Crippen LogP contribution in [0.4, 0.5) is 0 Å². The number of likely N-dealkylation sites (N-methyl/N-ethyl adjacent to an activating group) is 1. The Morgan fingerprint density at radius 1 is 0.933 bits per heavy atom. The highest BCUT2D eigenvalue weighted by Crippen LogP contribution is 2.14. The molecule has 0 bridgehead atoms. The fourth-order valence-corrected chi connectivity index (χ4v) is 3.43. The molecular weight excluding hydrogens is 376 g/mol. The van der Waals surface area contributed by atoms with Gasteiger partial charge in [0.1, 0.15) is 24.3 Å². The monoisotopic (exact) mass is 408 g/mol. The van der Waals surface area contributed by atoms with Crippen LogP contribution in [0.25, 0.3) is 0 Å².